The van der Waals surface area contributed by atoms with E-state index in [1.807, 2.05) is 25.1 Å². The molecule has 1 N–H and O–H groups in total. The van der Waals surface area contributed by atoms with Crippen LogP contribution in [0.2, 0.25) is 0 Å². The maximum Gasteiger partial charge on any atom is 0.268 e. The molecular weight excluding hydrogens is 296 g/mol. The lowest BCUT2D eigenvalue weighted by atomic mass is 10.1. The summed E-state index contributed by atoms with van der Waals surface area (Å²) in [6, 6.07) is 6.98. The Bertz CT molecular complexity index is 779. The number of hydrogen-bond donors (Lipinski definition) is 1. The number of nitrogens with one attached hydrogen (secondary N) is 1. The van der Waals surface area contributed by atoms with Gasteiger partial charge in [-0.3, -0.25) is 9.59 Å². The molecule has 0 aliphatic carbocycles. The molecule has 2 heterocycles. The molecule has 0 bridgehead atoms. The van der Waals surface area contributed by atoms with Gasteiger partial charge in [0.25, 0.3) is 5.91 Å². The van der Waals surface area contributed by atoms with Crippen LogP contribution in [-0.4, -0.2) is 23.1 Å². The summed E-state index contributed by atoms with van der Waals surface area (Å²) < 4.78 is 12.3. The van der Waals surface area contributed by atoms with Crippen molar-refractivity contribution >= 4 is 11.7 Å². The number of fused-ring (bicyclic) bond motifs is 1. The van der Waals surface area contributed by atoms with Crippen LogP contribution in [0, 0.1) is 0 Å². The number of ether oxygens (including phenoxy) is 2. The van der Waals surface area contributed by atoms with Crippen molar-refractivity contribution in [1.29, 1.82) is 0 Å². The van der Waals surface area contributed by atoms with Gasteiger partial charge in [0, 0.05) is 18.8 Å². The molecular formula is C17H18N2O4. The van der Waals surface area contributed by atoms with E-state index in [2.05, 4.69) is 5.32 Å². The minimum absolute atomic E-state index is 0.0662. The fraction of sp³-hybridized carbons (Fsp3) is 0.294. The Hall–Kier alpha value is -2.76. The molecule has 1 unspecified atom stereocenters. The molecule has 1 aromatic heterocycles. The molecule has 1 aliphatic heterocycles. The van der Waals surface area contributed by atoms with Crippen LogP contribution in [0.3, 0.4) is 0 Å². The van der Waals surface area contributed by atoms with E-state index < -0.39 is 0 Å². The zero-order valence-corrected chi connectivity index (χ0v) is 13.3. The smallest absolute Gasteiger partial charge is 0.268 e. The van der Waals surface area contributed by atoms with E-state index in [1.54, 1.807) is 23.9 Å². The van der Waals surface area contributed by atoms with Crippen molar-refractivity contribution in [3.05, 3.63) is 47.3 Å². The van der Waals surface area contributed by atoms with Gasteiger partial charge in [0.05, 0.1) is 6.04 Å². The van der Waals surface area contributed by atoms with Crippen molar-refractivity contribution in [2.75, 3.05) is 6.79 Å². The van der Waals surface area contributed by atoms with Crippen molar-refractivity contribution in [2.24, 2.45) is 7.05 Å². The number of amides is 1. The third-order valence-electron chi connectivity index (χ3n) is 3.89. The van der Waals surface area contributed by atoms with Crippen LogP contribution < -0.4 is 14.8 Å². The van der Waals surface area contributed by atoms with Crippen molar-refractivity contribution < 1.29 is 19.1 Å². The molecule has 0 saturated heterocycles. The second kappa shape index (κ2) is 5.79. The number of aromatic nitrogens is 1. The molecule has 0 spiro atoms. The number of Topliss-reactive ketones (excluding diaryl/α,β-unsaturated/α-hetero) is 1. The number of carbonyl (C=O) groups excluding carboxylic acids is 2. The lowest BCUT2D eigenvalue weighted by molar-refractivity contribution is 0.0931. The third kappa shape index (κ3) is 2.92. The predicted molar refractivity (Wildman–Crippen MR) is 83.9 cm³/mol. The van der Waals surface area contributed by atoms with Crippen molar-refractivity contribution in [3.63, 3.8) is 0 Å². The van der Waals surface area contributed by atoms with E-state index in [0.29, 0.717) is 22.8 Å². The van der Waals surface area contributed by atoms with Crippen molar-refractivity contribution in [2.45, 2.75) is 19.9 Å². The lowest BCUT2D eigenvalue weighted by Crippen LogP contribution is -2.28. The first-order valence-electron chi connectivity index (χ1n) is 7.33. The van der Waals surface area contributed by atoms with Crippen LogP contribution in [-0.2, 0) is 7.05 Å². The van der Waals surface area contributed by atoms with Gasteiger partial charge < -0.3 is 19.4 Å². The van der Waals surface area contributed by atoms with E-state index in [1.165, 1.54) is 6.92 Å². The van der Waals surface area contributed by atoms with E-state index >= 15 is 0 Å². The fourth-order valence-corrected chi connectivity index (χ4v) is 2.52. The Morgan fingerprint density at radius 2 is 1.96 bits per heavy atom. The molecule has 0 saturated carbocycles. The van der Waals surface area contributed by atoms with Gasteiger partial charge >= 0.3 is 0 Å². The largest absolute Gasteiger partial charge is 0.454 e. The Morgan fingerprint density at radius 1 is 1.22 bits per heavy atom. The van der Waals surface area contributed by atoms with Gasteiger partial charge in [-0.05, 0) is 37.6 Å². The number of benzene rings is 1. The average Bonchev–Trinajstić information content (AvgIpc) is 3.12. The van der Waals surface area contributed by atoms with Crippen LogP contribution in [0.25, 0.3) is 0 Å². The molecule has 3 rings (SSSR count). The summed E-state index contributed by atoms with van der Waals surface area (Å²) >= 11 is 0. The van der Waals surface area contributed by atoms with Crippen LogP contribution in [0.15, 0.2) is 30.5 Å². The van der Waals surface area contributed by atoms with Crippen LogP contribution in [0.4, 0.5) is 0 Å². The van der Waals surface area contributed by atoms with E-state index in [0.717, 1.165) is 5.56 Å². The quantitative estimate of drug-likeness (QED) is 0.880. The molecule has 1 amide bonds. The van der Waals surface area contributed by atoms with Crippen LogP contribution in [0.5, 0.6) is 11.5 Å². The molecule has 2 aromatic rings. The van der Waals surface area contributed by atoms with Crippen LogP contribution in [0.1, 0.15) is 46.3 Å². The second-order valence-electron chi connectivity index (χ2n) is 5.59. The Balaban J connectivity index is 1.76. The average molecular weight is 314 g/mol. The lowest BCUT2D eigenvalue weighted by Gasteiger charge is -2.15. The number of hydrogen-bond acceptors (Lipinski definition) is 4. The molecule has 1 aromatic carbocycles. The fourth-order valence-electron chi connectivity index (χ4n) is 2.52. The molecule has 6 heteroatoms. The Kier molecular flexibility index (Phi) is 3.82. The summed E-state index contributed by atoms with van der Waals surface area (Å²) in [6.45, 7) is 3.59. The number of carbonyl (C=O) groups is 2. The highest BCUT2D eigenvalue weighted by Gasteiger charge is 2.19. The monoisotopic (exact) mass is 314 g/mol. The molecule has 23 heavy (non-hydrogen) atoms. The minimum atomic E-state index is -0.231. The molecule has 0 radical (unpaired) electrons. The van der Waals surface area contributed by atoms with E-state index in [-0.39, 0.29) is 24.5 Å². The van der Waals surface area contributed by atoms with Gasteiger partial charge in [-0.15, -0.1) is 0 Å². The molecule has 1 aliphatic rings. The highest BCUT2D eigenvalue weighted by Crippen LogP contribution is 2.34. The third-order valence-corrected chi connectivity index (χ3v) is 3.89. The molecule has 120 valence electrons. The van der Waals surface area contributed by atoms with Gasteiger partial charge in [-0.25, -0.2) is 0 Å². The molecule has 6 nitrogen and oxygen atoms in total. The summed E-state index contributed by atoms with van der Waals surface area (Å²) in [4.78, 5) is 23.8. The van der Waals surface area contributed by atoms with Gasteiger partial charge in [-0.2, -0.15) is 0 Å². The summed E-state index contributed by atoms with van der Waals surface area (Å²) in [5, 5.41) is 2.93. The highest BCUT2D eigenvalue weighted by molar-refractivity contribution is 5.99. The first kappa shape index (κ1) is 15.1. The first-order chi connectivity index (χ1) is 11.0. The Labute approximate surface area is 134 Å². The summed E-state index contributed by atoms with van der Waals surface area (Å²) in [5.41, 5.74) is 1.89. The second-order valence-corrected chi connectivity index (χ2v) is 5.59. The molecule has 1 atom stereocenters. The van der Waals surface area contributed by atoms with Gasteiger partial charge in [0.15, 0.2) is 17.3 Å². The topological polar surface area (TPSA) is 69.6 Å². The number of rotatable bonds is 4. The predicted octanol–water partition coefficient (Wildman–Crippen LogP) is 2.45. The van der Waals surface area contributed by atoms with Gasteiger partial charge in [-0.1, -0.05) is 6.07 Å². The maximum absolute atomic E-state index is 12.4. The van der Waals surface area contributed by atoms with Crippen LogP contribution >= 0.6 is 0 Å². The molecule has 0 fully saturated rings. The standard InChI is InChI=1S/C17H18N2O4/c1-10(12-4-5-15-16(7-12)23-9-22-15)18-17(21)14-6-13(11(2)20)8-19(14)3/h4-8,10H,9H2,1-3H3,(H,18,21). The summed E-state index contributed by atoms with van der Waals surface area (Å²) in [6.07, 6.45) is 1.66. The highest BCUT2D eigenvalue weighted by atomic mass is 16.7. The maximum atomic E-state index is 12.4. The van der Waals surface area contributed by atoms with E-state index in [4.69, 9.17) is 9.47 Å². The minimum Gasteiger partial charge on any atom is -0.454 e. The van der Waals surface area contributed by atoms with Gasteiger partial charge in [0.1, 0.15) is 5.69 Å². The Morgan fingerprint density at radius 3 is 2.65 bits per heavy atom. The SMILES string of the molecule is CC(=O)c1cc(C(=O)NC(C)c2ccc3c(c2)OCO3)n(C)c1. The van der Waals surface area contributed by atoms with E-state index in [9.17, 15) is 9.59 Å². The summed E-state index contributed by atoms with van der Waals surface area (Å²) in [7, 11) is 1.74. The summed E-state index contributed by atoms with van der Waals surface area (Å²) in [5.74, 6) is 1.09. The normalized spacial score (nSPS) is 13.7. The first-order valence-corrected chi connectivity index (χ1v) is 7.33. The van der Waals surface area contributed by atoms with Crippen molar-refractivity contribution in [3.8, 4) is 11.5 Å². The van der Waals surface area contributed by atoms with Crippen molar-refractivity contribution in [1.82, 2.24) is 9.88 Å². The number of aryl methyl sites for hydroxylation is 1. The zero-order valence-electron chi connectivity index (χ0n) is 13.3. The zero-order chi connectivity index (χ0) is 16.6. The van der Waals surface area contributed by atoms with Gasteiger partial charge in [0.2, 0.25) is 6.79 Å². The number of ketones is 1. The number of nitrogens with zero attached hydrogens (tertiary/aromatic N) is 1.